The highest BCUT2D eigenvalue weighted by Crippen LogP contribution is 2.21. The van der Waals surface area contributed by atoms with Gasteiger partial charge in [0.2, 0.25) is 0 Å². The second kappa shape index (κ2) is 8.41. The summed E-state index contributed by atoms with van der Waals surface area (Å²) >= 11 is 5.29. The Kier molecular flexibility index (Phi) is 6.27. The van der Waals surface area contributed by atoms with Crippen LogP contribution in [-0.2, 0) is 0 Å². The summed E-state index contributed by atoms with van der Waals surface area (Å²) in [5.41, 5.74) is 4.80. The molecule has 0 radical (unpaired) electrons. The smallest absolute Gasteiger partial charge is 0.257 e. The number of hydrogen-bond acceptors (Lipinski definition) is 2. The minimum absolute atomic E-state index is 0.217. The van der Waals surface area contributed by atoms with Crippen LogP contribution in [0.25, 0.3) is 6.08 Å². The van der Waals surface area contributed by atoms with Crippen LogP contribution in [0.5, 0.6) is 0 Å². The first-order valence-electron chi connectivity index (χ1n) is 7.96. The largest absolute Gasteiger partial charge is 0.332 e. The van der Waals surface area contributed by atoms with Gasteiger partial charge in [0.05, 0.1) is 0 Å². The van der Waals surface area contributed by atoms with Gasteiger partial charge in [0.1, 0.15) is 0 Å². The van der Waals surface area contributed by atoms with Crippen molar-refractivity contribution in [1.29, 1.82) is 0 Å². The number of carbonyl (C=O) groups is 1. The number of anilines is 1. The van der Waals surface area contributed by atoms with Crippen molar-refractivity contribution < 1.29 is 4.79 Å². The molecule has 2 aromatic rings. The quantitative estimate of drug-likeness (QED) is 0.783. The van der Waals surface area contributed by atoms with Crippen LogP contribution < -0.4 is 10.6 Å². The summed E-state index contributed by atoms with van der Waals surface area (Å²) in [5, 5.41) is 6.13. The third-order valence-corrected chi connectivity index (χ3v) is 3.84. The minimum atomic E-state index is -0.217. The Bertz CT molecular complexity index is 764. The van der Waals surface area contributed by atoms with E-state index in [4.69, 9.17) is 12.2 Å². The lowest BCUT2D eigenvalue weighted by Crippen LogP contribution is -2.34. The Hall–Kier alpha value is -2.46. The standard InChI is InChI=1S/C20H22N2OS/c1-4-5-8-17-15(3)7-6-9-18(17)21-20(24)22-19(23)16-12-10-14(2)11-13-16/h5-13H,4H2,1-3H3,(H2,21,22,23,24)/b8-5-. The van der Waals surface area contributed by atoms with Crippen LogP contribution >= 0.6 is 12.2 Å². The second-order valence-electron chi connectivity index (χ2n) is 5.62. The van der Waals surface area contributed by atoms with Gasteiger partial charge in [0, 0.05) is 16.8 Å². The van der Waals surface area contributed by atoms with Crippen molar-refractivity contribution >= 4 is 35.0 Å². The van der Waals surface area contributed by atoms with E-state index in [1.165, 1.54) is 0 Å². The van der Waals surface area contributed by atoms with Crippen LogP contribution in [0.1, 0.15) is 40.4 Å². The Morgan fingerprint density at radius 3 is 2.50 bits per heavy atom. The molecule has 1 amide bonds. The van der Waals surface area contributed by atoms with E-state index in [0.29, 0.717) is 5.56 Å². The molecule has 124 valence electrons. The number of benzene rings is 2. The zero-order chi connectivity index (χ0) is 17.5. The van der Waals surface area contributed by atoms with Gasteiger partial charge in [-0.05, 0) is 56.2 Å². The Balaban J connectivity index is 2.10. The fourth-order valence-electron chi connectivity index (χ4n) is 2.28. The Labute approximate surface area is 148 Å². The summed E-state index contributed by atoms with van der Waals surface area (Å²) in [6.45, 7) is 6.12. The number of carbonyl (C=O) groups excluding carboxylic acids is 1. The molecule has 0 aliphatic carbocycles. The zero-order valence-electron chi connectivity index (χ0n) is 14.2. The molecule has 0 aliphatic rings. The summed E-state index contributed by atoms with van der Waals surface area (Å²) in [6.07, 6.45) is 5.13. The first-order chi connectivity index (χ1) is 11.5. The van der Waals surface area contributed by atoms with Gasteiger partial charge in [-0.1, -0.05) is 48.9 Å². The molecule has 0 saturated carbocycles. The summed E-state index contributed by atoms with van der Waals surface area (Å²) in [5.74, 6) is -0.217. The third-order valence-electron chi connectivity index (χ3n) is 3.63. The molecule has 2 aromatic carbocycles. The van der Waals surface area contributed by atoms with Crippen LogP contribution in [0.2, 0.25) is 0 Å². The minimum Gasteiger partial charge on any atom is -0.332 e. The van der Waals surface area contributed by atoms with Gasteiger partial charge >= 0.3 is 0 Å². The van der Waals surface area contributed by atoms with E-state index in [-0.39, 0.29) is 11.0 Å². The molecule has 0 fully saturated rings. The van der Waals surface area contributed by atoms with Gasteiger partial charge in [-0.25, -0.2) is 0 Å². The maximum absolute atomic E-state index is 12.2. The number of thiocarbonyl (C=S) groups is 1. The van der Waals surface area contributed by atoms with Gasteiger partial charge < -0.3 is 5.32 Å². The number of rotatable bonds is 4. The van der Waals surface area contributed by atoms with Crippen LogP contribution in [0.3, 0.4) is 0 Å². The molecule has 0 saturated heterocycles. The first kappa shape index (κ1) is 17.9. The van der Waals surface area contributed by atoms with Gasteiger partial charge in [0.15, 0.2) is 5.11 Å². The SMILES string of the molecule is CC/C=C\c1c(C)cccc1NC(=S)NC(=O)c1ccc(C)cc1. The number of aryl methyl sites for hydroxylation is 2. The average Bonchev–Trinajstić information content (AvgIpc) is 2.55. The molecule has 0 atom stereocenters. The lowest BCUT2D eigenvalue weighted by molar-refractivity contribution is 0.0977. The van der Waals surface area contributed by atoms with Crippen molar-refractivity contribution in [3.63, 3.8) is 0 Å². The summed E-state index contributed by atoms with van der Waals surface area (Å²) in [6, 6.07) is 13.3. The normalized spacial score (nSPS) is 10.6. The molecule has 2 rings (SSSR count). The molecule has 3 nitrogen and oxygen atoms in total. The molecular formula is C20H22N2OS. The molecule has 0 spiro atoms. The van der Waals surface area contributed by atoms with Gasteiger partial charge in [0.25, 0.3) is 5.91 Å². The summed E-state index contributed by atoms with van der Waals surface area (Å²) in [4.78, 5) is 12.2. The molecule has 2 N–H and O–H groups in total. The van der Waals surface area contributed by atoms with E-state index in [9.17, 15) is 4.79 Å². The molecular weight excluding hydrogens is 316 g/mol. The number of nitrogens with one attached hydrogen (secondary N) is 2. The number of hydrogen-bond donors (Lipinski definition) is 2. The number of allylic oxidation sites excluding steroid dienone is 1. The van der Waals surface area contributed by atoms with E-state index in [1.54, 1.807) is 12.1 Å². The van der Waals surface area contributed by atoms with E-state index in [2.05, 4.69) is 42.7 Å². The van der Waals surface area contributed by atoms with Crippen molar-refractivity contribution in [2.45, 2.75) is 27.2 Å². The maximum Gasteiger partial charge on any atom is 0.257 e. The van der Waals surface area contributed by atoms with E-state index < -0.39 is 0 Å². The van der Waals surface area contributed by atoms with Gasteiger partial charge in [-0.2, -0.15) is 0 Å². The topological polar surface area (TPSA) is 41.1 Å². The van der Waals surface area contributed by atoms with Crippen LogP contribution in [0.15, 0.2) is 48.5 Å². The van der Waals surface area contributed by atoms with E-state index in [1.807, 2.05) is 31.2 Å². The Morgan fingerprint density at radius 2 is 1.83 bits per heavy atom. The van der Waals surface area contributed by atoms with Gasteiger partial charge in [-0.15, -0.1) is 0 Å². The maximum atomic E-state index is 12.2. The van der Waals surface area contributed by atoms with Crippen LogP contribution in [0.4, 0.5) is 5.69 Å². The van der Waals surface area contributed by atoms with Crippen LogP contribution in [-0.4, -0.2) is 11.0 Å². The molecule has 0 heterocycles. The fraction of sp³-hybridized carbons (Fsp3) is 0.200. The molecule has 0 bridgehead atoms. The Morgan fingerprint density at radius 1 is 1.12 bits per heavy atom. The van der Waals surface area contributed by atoms with Crippen molar-refractivity contribution in [3.05, 3.63) is 70.8 Å². The first-order valence-corrected chi connectivity index (χ1v) is 8.37. The van der Waals surface area contributed by atoms with Crippen molar-refractivity contribution in [2.24, 2.45) is 0 Å². The van der Waals surface area contributed by atoms with Crippen molar-refractivity contribution in [3.8, 4) is 0 Å². The lowest BCUT2D eigenvalue weighted by Gasteiger charge is -2.13. The van der Waals surface area contributed by atoms with Crippen molar-refractivity contribution in [2.75, 3.05) is 5.32 Å². The predicted molar refractivity (Wildman–Crippen MR) is 105 cm³/mol. The van der Waals surface area contributed by atoms with E-state index in [0.717, 1.165) is 28.8 Å². The molecule has 0 aromatic heterocycles. The zero-order valence-corrected chi connectivity index (χ0v) is 15.0. The number of amides is 1. The second-order valence-corrected chi connectivity index (χ2v) is 6.03. The molecule has 24 heavy (non-hydrogen) atoms. The monoisotopic (exact) mass is 338 g/mol. The summed E-state index contributed by atoms with van der Waals surface area (Å²) in [7, 11) is 0. The average molecular weight is 338 g/mol. The molecule has 4 heteroatoms. The van der Waals surface area contributed by atoms with Gasteiger partial charge in [-0.3, -0.25) is 10.1 Å². The fourth-order valence-corrected chi connectivity index (χ4v) is 2.48. The highest BCUT2D eigenvalue weighted by molar-refractivity contribution is 7.80. The highest BCUT2D eigenvalue weighted by atomic mass is 32.1. The molecule has 0 aliphatic heterocycles. The predicted octanol–water partition coefficient (Wildman–Crippen LogP) is 4.85. The highest BCUT2D eigenvalue weighted by Gasteiger charge is 2.09. The van der Waals surface area contributed by atoms with E-state index >= 15 is 0 Å². The lowest BCUT2D eigenvalue weighted by atomic mass is 10.1. The summed E-state index contributed by atoms with van der Waals surface area (Å²) < 4.78 is 0. The van der Waals surface area contributed by atoms with Crippen molar-refractivity contribution in [1.82, 2.24) is 5.32 Å². The van der Waals surface area contributed by atoms with Crippen LogP contribution in [0, 0.1) is 13.8 Å². The third kappa shape index (κ3) is 4.77. The molecule has 0 unspecified atom stereocenters.